The Balaban J connectivity index is 1.97. The van der Waals surface area contributed by atoms with Crippen molar-refractivity contribution in [3.8, 4) is 0 Å². The van der Waals surface area contributed by atoms with Crippen LogP contribution in [0.3, 0.4) is 0 Å². The lowest BCUT2D eigenvalue weighted by Gasteiger charge is -2.36. The molecule has 1 N–H and O–H groups in total. The van der Waals surface area contributed by atoms with E-state index in [1.807, 2.05) is 12.3 Å². The highest BCUT2D eigenvalue weighted by molar-refractivity contribution is 5.47. The molecule has 0 aromatic carbocycles. The van der Waals surface area contributed by atoms with Crippen LogP contribution in [0.15, 0.2) is 18.3 Å². The average molecular weight is 292 g/mol. The first kappa shape index (κ1) is 16.2. The van der Waals surface area contributed by atoms with Gasteiger partial charge in [-0.3, -0.25) is 0 Å². The summed E-state index contributed by atoms with van der Waals surface area (Å²) in [6.45, 7) is 4.78. The number of likely N-dealkylation sites (tertiary alicyclic amines) is 1. The minimum Gasteiger partial charge on any atom is -0.383 e. The first-order valence-electron chi connectivity index (χ1n) is 7.77. The van der Waals surface area contributed by atoms with Crippen molar-refractivity contribution in [2.24, 2.45) is 0 Å². The number of piperidine rings is 1. The molecule has 1 aromatic heterocycles. The Morgan fingerprint density at radius 1 is 1.43 bits per heavy atom. The smallest absolute Gasteiger partial charge is 0.133 e. The van der Waals surface area contributed by atoms with Crippen molar-refractivity contribution in [3.05, 3.63) is 23.9 Å². The number of nitrogens with zero attached hydrogens (tertiary/aromatic N) is 3. The summed E-state index contributed by atoms with van der Waals surface area (Å²) in [6.07, 6.45) is 4.31. The molecule has 0 saturated carbocycles. The van der Waals surface area contributed by atoms with E-state index < -0.39 is 0 Å². The van der Waals surface area contributed by atoms with Gasteiger partial charge in [0.15, 0.2) is 0 Å². The SMILES string of the molecule is COCCNCc1cccnc1N(C)C1CCN(C)CC1. The Labute approximate surface area is 128 Å². The lowest BCUT2D eigenvalue weighted by molar-refractivity contribution is 0.199. The van der Waals surface area contributed by atoms with Crippen LogP contribution in [0.4, 0.5) is 5.82 Å². The van der Waals surface area contributed by atoms with E-state index in [0.29, 0.717) is 6.04 Å². The summed E-state index contributed by atoms with van der Waals surface area (Å²) in [5.74, 6) is 1.11. The first-order valence-corrected chi connectivity index (χ1v) is 7.77. The van der Waals surface area contributed by atoms with E-state index in [4.69, 9.17) is 4.74 Å². The van der Waals surface area contributed by atoms with Crippen LogP contribution in [0.1, 0.15) is 18.4 Å². The Morgan fingerprint density at radius 2 is 2.19 bits per heavy atom. The van der Waals surface area contributed by atoms with Gasteiger partial charge in [0.1, 0.15) is 5.82 Å². The highest BCUT2D eigenvalue weighted by atomic mass is 16.5. The van der Waals surface area contributed by atoms with Gasteiger partial charge >= 0.3 is 0 Å². The molecule has 0 unspecified atom stereocenters. The normalized spacial score (nSPS) is 17.1. The molecular formula is C16H28N4O. The fraction of sp³-hybridized carbons (Fsp3) is 0.688. The zero-order valence-corrected chi connectivity index (χ0v) is 13.5. The van der Waals surface area contributed by atoms with Gasteiger partial charge in [0.05, 0.1) is 6.61 Å². The van der Waals surface area contributed by atoms with Crippen molar-refractivity contribution in [1.29, 1.82) is 0 Å². The van der Waals surface area contributed by atoms with Crippen molar-refractivity contribution in [1.82, 2.24) is 15.2 Å². The molecule has 118 valence electrons. The topological polar surface area (TPSA) is 40.6 Å². The number of aromatic nitrogens is 1. The summed E-state index contributed by atoms with van der Waals surface area (Å²) in [7, 11) is 6.10. The Hall–Kier alpha value is -1.17. The van der Waals surface area contributed by atoms with E-state index in [0.717, 1.165) is 25.5 Å². The van der Waals surface area contributed by atoms with Crippen LogP contribution in [-0.4, -0.2) is 63.4 Å². The molecule has 1 fully saturated rings. The number of rotatable bonds is 7. The van der Waals surface area contributed by atoms with Crippen molar-refractivity contribution < 1.29 is 4.74 Å². The molecule has 1 aliphatic rings. The maximum absolute atomic E-state index is 5.07. The van der Waals surface area contributed by atoms with Gasteiger partial charge in [0.25, 0.3) is 0 Å². The molecule has 21 heavy (non-hydrogen) atoms. The molecule has 0 radical (unpaired) electrons. The van der Waals surface area contributed by atoms with Crippen molar-refractivity contribution >= 4 is 5.82 Å². The second-order valence-electron chi connectivity index (χ2n) is 5.80. The molecule has 0 spiro atoms. The number of nitrogens with one attached hydrogen (secondary N) is 1. The van der Waals surface area contributed by atoms with Gasteiger partial charge in [-0.2, -0.15) is 0 Å². The summed E-state index contributed by atoms with van der Waals surface area (Å²) in [5.41, 5.74) is 1.26. The monoisotopic (exact) mass is 292 g/mol. The minimum atomic E-state index is 0.592. The Morgan fingerprint density at radius 3 is 2.90 bits per heavy atom. The molecule has 1 saturated heterocycles. The summed E-state index contributed by atoms with van der Waals surface area (Å²) in [5, 5.41) is 3.41. The fourth-order valence-corrected chi connectivity index (χ4v) is 2.84. The molecule has 0 amide bonds. The van der Waals surface area contributed by atoms with Crippen molar-refractivity contribution in [2.45, 2.75) is 25.4 Å². The second kappa shape index (κ2) is 8.32. The molecule has 2 heterocycles. The van der Waals surface area contributed by atoms with Gasteiger partial charge in [-0.1, -0.05) is 6.07 Å². The zero-order chi connectivity index (χ0) is 15.1. The molecule has 0 bridgehead atoms. The Bertz CT molecular complexity index is 418. The maximum Gasteiger partial charge on any atom is 0.133 e. The number of methoxy groups -OCH3 is 1. The van der Waals surface area contributed by atoms with Crippen LogP contribution >= 0.6 is 0 Å². The first-order chi connectivity index (χ1) is 10.2. The van der Waals surface area contributed by atoms with Crippen LogP contribution in [0, 0.1) is 0 Å². The molecule has 2 rings (SSSR count). The van der Waals surface area contributed by atoms with Crippen LogP contribution < -0.4 is 10.2 Å². The third kappa shape index (κ3) is 4.66. The van der Waals surface area contributed by atoms with Gasteiger partial charge < -0.3 is 19.9 Å². The Kier molecular flexibility index (Phi) is 6.42. The molecule has 0 aliphatic carbocycles. The number of hydrogen-bond acceptors (Lipinski definition) is 5. The molecule has 0 atom stereocenters. The van der Waals surface area contributed by atoms with Crippen molar-refractivity contribution in [2.75, 3.05) is 52.3 Å². The van der Waals surface area contributed by atoms with Gasteiger partial charge in [-0.05, 0) is 39.0 Å². The number of anilines is 1. The van der Waals surface area contributed by atoms with Crippen LogP contribution in [0.2, 0.25) is 0 Å². The molecular weight excluding hydrogens is 264 g/mol. The third-order valence-corrected chi connectivity index (χ3v) is 4.24. The average Bonchev–Trinajstić information content (AvgIpc) is 2.52. The number of ether oxygens (including phenoxy) is 1. The summed E-state index contributed by atoms with van der Waals surface area (Å²) in [4.78, 5) is 9.37. The second-order valence-corrected chi connectivity index (χ2v) is 5.80. The van der Waals surface area contributed by atoms with E-state index in [2.05, 4.69) is 40.3 Å². The minimum absolute atomic E-state index is 0.592. The highest BCUT2D eigenvalue weighted by Crippen LogP contribution is 2.23. The van der Waals surface area contributed by atoms with Gasteiger partial charge in [-0.15, -0.1) is 0 Å². The highest BCUT2D eigenvalue weighted by Gasteiger charge is 2.22. The van der Waals surface area contributed by atoms with E-state index in [1.54, 1.807) is 7.11 Å². The molecule has 1 aromatic rings. The largest absolute Gasteiger partial charge is 0.383 e. The standard InChI is InChI=1S/C16H28N4O/c1-19-10-6-15(7-11-19)20(2)16-14(5-4-8-18-16)13-17-9-12-21-3/h4-5,8,15,17H,6-7,9-13H2,1-3H3. The van der Waals surface area contributed by atoms with Gasteiger partial charge in [-0.25, -0.2) is 4.98 Å². The fourth-order valence-electron chi connectivity index (χ4n) is 2.84. The van der Waals surface area contributed by atoms with E-state index in [-0.39, 0.29) is 0 Å². The van der Waals surface area contributed by atoms with Crippen LogP contribution in [-0.2, 0) is 11.3 Å². The molecule has 5 nitrogen and oxygen atoms in total. The third-order valence-electron chi connectivity index (χ3n) is 4.24. The molecule has 1 aliphatic heterocycles. The summed E-state index contributed by atoms with van der Waals surface area (Å²) in [6, 6.07) is 4.77. The van der Waals surface area contributed by atoms with Crippen molar-refractivity contribution in [3.63, 3.8) is 0 Å². The van der Waals surface area contributed by atoms with Gasteiger partial charge in [0.2, 0.25) is 0 Å². The number of pyridine rings is 1. The van der Waals surface area contributed by atoms with E-state index in [1.165, 1.54) is 31.5 Å². The summed E-state index contributed by atoms with van der Waals surface area (Å²) < 4.78 is 5.07. The van der Waals surface area contributed by atoms with Crippen LogP contribution in [0.5, 0.6) is 0 Å². The molecule has 5 heteroatoms. The number of hydrogen-bond donors (Lipinski definition) is 1. The predicted molar refractivity (Wildman–Crippen MR) is 86.7 cm³/mol. The van der Waals surface area contributed by atoms with Crippen LogP contribution in [0.25, 0.3) is 0 Å². The lowest BCUT2D eigenvalue weighted by atomic mass is 10.0. The predicted octanol–water partition coefficient (Wildman–Crippen LogP) is 1.35. The van der Waals surface area contributed by atoms with E-state index in [9.17, 15) is 0 Å². The lowest BCUT2D eigenvalue weighted by Crippen LogP contribution is -2.42. The van der Waals surface area contributed by atoms with E-state index >= 15 is 0 Å². The zero-order valence-electron chi connectivity index (χ0n) is 13.5. The van der Waals surface area contributed by atoms with Gasteiger partial charge in [0, 0.05) is 45.0 Å². The quantitative estimate of drug-likeness (QED) is 0.768. The summed E-state index contributed by atoms with van der Waals surface area (Å²) >= 11 is 0. The maximum atomic E-state index is 5.07.